The zero-order chi connectivity index (χ0) is 15.6. The third-order valence-electron chi connectivity index (χ3n) is 3.93. The van der Waals surface area contributed by atoms with Crippen molar-refractivity contribution in [1.29, 1.82) is 0 Å². The molecule has 1 N–H and O–H groups in total. The van der Waals surface area contributed by atoms with Gasteiger partial charge in [0.05, 0.1) is 0 Å². The Balaban J connectivity index is 2.02. The second kappa shape index (κ2) is 6.58. The maximum atomic E-state index is 12.5. The molecule has 114 valence electrons. The molecular formula is C15H19BrN2O3. The highest BCUT2D eigenvalue weighted by Gasteiger charge is 2.27. The van der Waals surface area contributed by atoms with E-state index >= 15 is 0 Å². The lowest BCUT2D eigenvalue weighted by atomic mass is 10.1. The van der Waals surface area contributed by atoms with Crippen molar-refractivity contribution in [2.24, 2.45) is 0 Å². The van der Waals surface area contributed by atoms with Gasteiger partial charge in [0.15, 0.2) is 0 Å². The fourth-order valence-electron chi connectivity index (χ4n) is 2.51. The summed E-state index contributed by atoms with van der Waals surface area (Å²) in [7, 11) is 0. The summed E-state index contributed by atoms with van der Waals surface area (Å²) >= 11 is 3.39. The molecule has 0 spiro atoms. The van der Waals surface area contributed by atoms with Crippen LogP contribution in [0.15, 0.2) is 22.7 Å². The minimum atomic E-state index is -0.821. The Labute approximate surface area is 132 Å². The van der Waals surface area contributed by atoms with Crippen LogP contribution in [0, 0.1) is 6.92 Å². The molecule has 6 heteroatoms. The van der Waals surface area contributed by atoms with Gasteiger partial charge in [-0.3, -0.25) is 14.5 Å². The van der Waals surface area contributed by atoms with Gasteiger partial charge in [-0.15, -0.1) is 0 Å². The predicted octanol–water partition coefficient (Wildman–Crippen LogP) is 1.99. The van der Waals surface area contributed by atoms with Gasteiger partial charge in [0.25, 0.3) is 5.91 Å². The fraction of sp³-hybridized carbons (Fsp3) is 0.467. The quantitative estimate of drug-likeness (QED) is 0.901. The molecule has 21 heavy (non-hydrogen) atoms. The Morgan fingerprint density at radius 1 is 1.24 bits per heavy atom. The van der Waals surface area contributed by atoms with Crippen molar-refractivity contribution in [1.82, 2.24) is 9.80 Å². The molecule has 1 atom stereocenters. The van der Waals surface area contributed by atoms with Crippen LogP contribution in [0.2, 0.25) is 0 Å². The summed E-state index contributed by atoms with van der Waals surface area (Å²) in [5.74, 6) is -0.804. The van der Waals surface area contributed by atoms with Gasteiger partial charge in [0.1, 0.15) is 6.04 Å². The molecule has 1 fully saturated rings. The summed E-state index contributed by atoms with van der Waals surface area (Å²) in [6, 6.07) is 5.11. The molecule has 1 unspecified atom stereocenters. The number of carbonyl (C=O) groups excluding carboxylic acids is 1. The van der Waals surface area contributed by atoms with Gasteiger partial charge in [0, 0.05) is 36.2 Å². The molecule has 0 aromatic heterocycles. The van der Waals surface area contributed by atoms with Gasteiger partial charge < -0.3 is 10.0 Å². The van der Waals surface area contributed by atoms with Crippen molar-refractivity contribution in [2.75, 3.05) is 26.2 Å². The first-order valence-corrected chi connectivity index (χ1v) is 7.71. The first-order valence-electron chi connectivity index (χ1n) is 6.92. The van der Waals surface area contributed by atoms with Crippen LogP contribution in [0.5, 0.6) is 0 Å². The van der Waals surface area contributed by atoms with E-state index in [0.29, 0.717) is 31.7 Å². The number of benzene rings is 1. The van der Waals surface area contributed by atoms with Crippen molar-refractivity contribution in [3.05, 3.63) is 33.8 Å². The van der Waals surface area contributed by atoms with E-state index in [1.165, 1.54) is 0 Å². The predicted molar refractivity (Wildman–Crippen MR) is 83.5 cm³/mol. The molecule has 1 aromatic carbocycles. The van der Waals surface area contributed by atoms with Crippen molar-refractivity contribution in [3.8, 4) is 0 Å². The van der Waals surface area contributed by atoms with Crippen molar-refractivity contribution in [3.63, 3.8) is 0 Å². The normalized spacial score (nSPS) is 17.6. The molecule has 1 aliphatic heterocycles. The number of carbonyl (C=O) groups is 2. The highest BCUT2D eigenvalue weighted by Crippen LogP contribution is 2.18. The minimum Gasteiger partial charge on any atom is -0.480 e. The standard InChI is InChI=1S/C15H19BrN2O3/c1-10-9-12(16)3-4-13(10)14(19)18-7-5-17(6-8-18)11(2)15(20)21/h3-4,9,11H,5-8H2,1-2H3,(H,20,21). The van der Waals surface area contributed by atoms with E-state index in [0.717, 1.165) is 10.0 Å². The maximum Gasteiger partial charge on any atom is 0.320 e. The Morgan fingerprint density at radius 2 is 1.86 bits per heavy atom. The van der Waals surface area contributed by atoms with Crippen LogP contribution in [-0.2, 0) is 4.79 Å². The molecular weight excluding hydrogens is 336 g/mol. The second-order valence-corrected chi connectivity index (χ2v) is 6.22. The highest BCUT2D eigenvalue weighted by molar-refractivity contribution is 9.10. The van der Waals surface area contributed by atoms with Crippen LogP contribution >= 0.6 is 15.9 Å². The van der Waals surface area contributed by atoms with Gasteiger partial charge in [-0.1, -0.05) is 15.9 Å². The summed E-state index contributed by atoms with van der Waals surface area (Å²) in [6.45, 7) is 5.90. The molecule has 1 aliphatic rings. The molecule has 0 aliphatic carbocycles. The lowest BCUT2D eigenvalue weighted by molar-refractivity contribution is -0.143. The van der Waals surface area contributed by atoms with E-state index in [2.05, 4.69) is 15.9 Å². The number of piperazine rings is 1. The average Bonchev–Trinajstić information content (AvgIpc) is 2.46. The summed E-state index contributed by atoms with van der Waals surface area (Å²) in [6.07, 6.45) is 0. The van der Waals surface area contributed by atoms with E-state index in [9.17, 15) is 9.59 Å². The summed E-state index contributed by atoms with van der Waals surface area (Å²) in [5, 5.41) is 9.02. The fourth-order valence-corrected chi connectivity index (χ4v) is 2.98. The first-order chi connectivity index (χ1) is 9.90. The number of nitrogens with zero attached hydrogens (tertiary/aromatic N) is 2. The van der Waals surface area contributed by atoms with Gasteiger partial charge in [-0.25, -0.2) is 0 Å². The average molecular weight is 355 g/mol. The number of hydrogen-bond donors (Lipinski definition) is 1. The van der Waals surface area contributed by atoms with Crippen LogP contribution in [0.4, 0.5) is 0 Å². The van der Waals surface area contributed by atoms with Crippen molar-refractivity contribution >= 4 is 27.8 Å². The minimum absolute atomic E-state index is 0.0163. The third-order valence-corrected chi connectivity index (χ3v) is 4.42. The van der Waals surface area contributed by atoms with Crippen LogP contribution in [-0.4, -0.2) is 59.0 Å². The summed E-state index contributed by atoms with van der Waals surface area (Å²) in [5.41, 5.74) is 1.65. The Kier molecular flexibility index (Phi) is 5.00. The lowest BCUT2D eigenvalue weighted by Gasteiger charge is -2.36. The van der Waals surface area contributed by atoms with Crippen molar-refractivity contribution < 1.29 is 14.7 Å². The third kappa shape index (κ3) is 3.63. The topological polar surface area (TPSA) is 60.9 Å². The largest absolute Gasteiger partial charge is 0.480 e. The monoisotopic (exact) mass is 354 g/mol. The van der Waals surface area contributed by atoms with Crippen LogP contribution in [0.25, 0.3) is 0 Å². The zero-order valence-corrected chi connectivity index (χ0v) is 13.8. The smallest absolute Gasteiger partial charge is 0.320 e. The van der Waals surface area contributed by atoms with Crippen molar-refractivity contribution in [2.45, 2.75) is 19.9 Å². The van der Waals surface area contributed by atoms with Crippen LogP contribution in [0.3, 0.4) is 0 Å². The number of rotatable bonds is 3. The number of amides is 1. The van der Waals surface area contributed by atoms with Gasteiger partial charge >= 0.3 is 5.97 Å². The molecule has 1 heterocycles. The molecule has 0 bridgehead atoms. The number of carboxylic acid groups (broad SMARTS) is 1. The van der Waals surface area contributed by atoms with E-state index in [4.69, 9.17) is 5.11 Å². The molecule has 1 amide bonds. The second-order valence-electron chi connectivity index (χ2n) is 5.30. The Hall–Kier alpha value is -1.40. The number of hydrogen-bond acceptors (Lipinski definition) is 3. The van der Waals surface area contributed by atoms with Gasteiger partial charge in [-0.2, -0.15) is 0 Å². The number of halogens is 1. The molecule has 2 rings (SSSR count). The van der Waals surface area contributed by atoms with Crippen LogP contribution < -0.4 is 0 Å². The molecule has 1 saturated heterocycles. The number of aliphatic carboxylic acids is 1. The number of carboxylic acids is 1. The Morgan fingerprint density at radius 3 is 2.38 bits per heavy atom. The van der Waals surface area contributed by atoms with Gasteiger partial charge in [-0.05, 0) is 37.6 Å². The van der Waals surface area contributed by atoms with Crippen LogP contribution in [0.1, 0.15) is 22.8 Å². The molecule has 0 saturated carbocycles. The molecule has 5 nitrogen and oxygen atoms in total. The van der Waals surface area contributed by atoms with E-state index in [1.807, 2.05) is 30.0 Å². The maximum absolute atomic E-state index is 12.5. The Bertz CT molecular complexity index is 554. The molecule has 0 radical (unpaired) electrons. The highest BCUT2D eigenvalue weighted by atomic mass is 79.9. The SMILES string of the molecule is Cc1cc(Br)ccc1C(=O)N1CCN(C(C)C(=O)O)CC1. The first kappa shape index (κ1) is 16.0. The number of aryl methyl sites for hydroxylation is 1. The van der Waals surface area contributed by atoms with E-state index in [1.54, 1.807) is 11.8 Å². The van der Waals surface area contributed by atoms with Gasteiger partial charge in [0.2, 0.25) is 0 Å². The summed E-state index contributed by atoms with van der Waals surface area (Å²) in [4.78, 5) is 27.2. The molecule has 1 aromatic rings. The van der Waals surface area contributed by atoms with E-state index < -0.39 is 12.0 Å². The zero-order valence-electron chi connectivity index (χ0n) is 12.2. The summed E-state index contributed by atoms with van der Waals surface area (Å²) < 4.78 is 0.955. The van der Waals surface area contributed by atoms with E-state index in [-0.39, 0.29) is 5.91 Å². The lowest BCUT2D eigenvalue weighted by Crippen LogP contribution is -2.53.